The fraction of sp³-hybridized carbons (Fsp3) is 0.600. The summed E-state index contributed by atoms with van der Waals surface area (Å²) in [4.78, 5) is 12.7. The molecular formula is C10H17N3O2. The number of aromatic nitrogens is 2. The quantitative estimate of drug-likeness (QED) is 0.751. The maximum absolute atomic E-state index is 10.9. The lowest BCUT2D eigenvalue weighted by Gasteiger charge is -2.23. The molecule has 5 nitrogen and oxygen atoms in total. The van der Waals surface area contributed by atoms with Gasteiger partial charge in [-0.3, -0.25) is 14.4 Å². The molecular weight excluding hydrogens is 194 g/mol. The van der Waals surface area contributed by atoms with E-state index in [2.05, 4.69) is 5.10 Å². The first-order valence-corrected chi connectivity index (χ1v) is 5.05. The molecule has 1 aromatic rings. The van der Waals surface area contributed by atoms with Crippen LogP contribution in [0.5, 0.6) is 0 Å². The summed E-state index contributed by atoms with van der Waals surface area (Å²) in [7, 11) is 1.83. The van der Waals surface area contributed by atoms with Crippen molar-refractivity contribution in [3.05, 3.63) is 18.5 Å². The number of carboxylic acids is 1. The Bertz CT molecular complexity index is 298. The van der Waals surface area contributed by atoms with Crippen LogP contribution in [0.3, 0.4) is 0 Å². The maximum Gasteiger partial charge on any atom is 0.320 e. The molecule has 0 amide bonds. The zero-order valence-corrected chi connectivity index (χ0v) is 9.13. The Hall–Kier alpha value is -1.36. The van der Waals surface area contributed by atoms with Crippen LogP contribution in [0.4, 0.5) is 0 Å². The molecule has 0 bridgehead atoms. The Morgan fingerprint density at radius 2 is 2.40 bits per heavy atom. The minimum Gasteiger partial charge on any atom is -0.480 e. The van der Waals surface area contributed by atoms with Crippen LogP contribution in [0.25, 0.3) is 0 Å². The molecule has 1 N–H and O–H groups in total. The van der Waals surface area contributed by atoms with Crippen LogP contribution in [-0.4, -0.2) is 45.4 Å². The monoisotopic (exact) mass is 211 g/mol. The van der Waals surface area contributed by atoms with Gasteiger partial charge in [0.1, 0.15) is 6.04 Å². The molecule has 1 unspecified atom stereocenters. The molecule has 15 heavy (non-hydrogen) atoms. The Kier molecular flexibility index (Phi) is 4.30. The smallest absolute Gasteiger partial charge is 0.320 e. The first-order valence-electron chi connectivity index (χ1n) is 5.05. The average Bonchev–Trinajstić information content (AvgIpc) is 2.67. The van der Waals surface area contributed by atoms with E-state index in [0.717, 1.165) is 0 Å². The van der Waals surface area contributed by atoms with Crippen LogP contribution in [0.1, 0.15) is 13.3 Å². The number of aliphatic carboxylic acids is 1. The number of carbonyl (C=O) groups is 1. The van der Waals surface area contributed by atoms with Crippen LogP contribution in [0.2, 0.25) is 0 Å². The summed E-state index contributed by atoms with van der Waals surface area (Å²) in [5, 5.41) is 13.0. The minimum absolute atomic E-state index is 0.402. The van der Waals surface area contributed by atoms with Crippen LogP contribution in [0.15, 0.2) is 18.5 Å². The summed E-state index contributed by atoms with van der Waals surface area (Å²) in [6.45, 7) is 3.28. The van der Waals surface area contributed by atoms with Crippen molar-refractivity contribution in [1.29, 1.82) is 0 Å². The number of rotatable bonds is 6. The molecule has 0 saturated carbocycles. The van der Waals surface area contributed by atoms with Crippen molar-refractivity contribution < 1.29 is 9.90 Å². The summed E-state index contributed by atoms with van der Waals surface area (Å²) < 4.78 is 1.80. The van der Waals surface area contributed by atoms with Crippen molar-refractivity contribution in [2.75, 3.05) is 13.6 Å². The van der Waals surface area contributed by atoms with E-state index in [0.29, 0.717) is 19.5 Å². The van der Waals surface area contributed by atoms with E-state index in [-0.39, 0.29) is 0 Å². The summed E-state index contributed by atoms with van der Waals surface area (Å²) >= 11 is 0. The summed E-state index contributed by atoms with van der Waals surface area (Å²) in [6, 6.07) is 1.45. The van der Waals surface area contributed by atoms with Crippen molar-refractivity contribution >= 4 is 5.97 Å². The SMILES string of the molecule is CCC(C(=O)O)N(C)CCn1cccn1. The number of likely N-dealkylation sites (N-methyl/N-ethyl adjacent to an activating group) is 1. The number of hydrogen-bond acceptors (Lipinski definition) is 3. The molecule has 1 atom stereocenters. The third kappa shape index (κ3) is 3.36. The zero-order valence-electron chi connectivity index (χ0n) is 9.13. The summed E-state index contributed by atoms with van der Waals surface area (Å²) in [6.07, 6.45) is 4.20. The zero-order chi connectivity index (χ0) is 11.3. The van der Waals surface area contributed by atoms with Crippen LogP contribution in [0, 0.1) is 0 Å². The molecule has 0 spiro atoms. The predicted molar refractivity (Wildman–Crippen MR) is 56.6 cm³/mol. The largest absolute Gasteiger partial charge is 0.480 e. The third-order valence-electron chi connectivity index (χ3n) is 2.44. The highest BCUT2D eigenvalue weighted by Gasteiger charge is 2.19. The molecule has 1 aromatic heterocycles. The molecule has 5 heteroatoms. The van der Waals surface area contributed by atoms with Crippen molar-refractivity contribution in [1.82, 2.24) is 14.7 Å². The van der Waals surface area contributed by atoms with E-state index in [4.69, 9.17) is 5.11 Å². The van der Waals surface area contributed by atoms with Gasteiger partial charge in [0.25, 0.3) is 0 Å². The molecule has 1 rings (SSSR count). The minimum atomic E-state index is -0.763. The lowest BCUT2D eigenvalue weighted by molar-refractivity contribution is -0.142. The first-order chi connectivity index (χ1) is 7.15. The van der Waals surface area contributed by atoms with Gasteiger partial charge in [-0.05, 0) is 19.5 Å². The van der Waals surface area contributed by atoms with Gasteiger partial charge >= 0.3 is 5.97 Å². The number of nitrogens with zero attached hydrogens (tertiary/aromatic N) is 3. The molecule has 0 saturated heterocycles. The van der Waals surface area contributed by atoms with E-state index in [1.54, 1.807) is 10.9 Å². The molecule has 84 valence electrons. The molecule has 0 aliphatic heterocycles. The second kappa shape index (κ2) is 5.50. The van der Waals surface area contributed by atoms with Gasteiger partial charge in [0.2, 0.25) is 0 Å². The number of hydrogen-bond donors (Lipinski definition) is 1. The second-order valence-electron chi connectivity index (χ2n) is 3.51. The highest BCUT2D eigenvalue weighted by Crippen LogP contribution is 2.01. The topological polar surface area (TPSA) is 58.4 Å². The predicted octanol–water partition coefficient (Wildman–Crippen LogP) is 0.678. The van der Waals surface area contributed by atoms with Gasteiger partial charge in [0.15, 0.2) is 0 Å². The fourth-order valence-corrected chi connectivity index (χ4v) is 1.52. The lowest BCUT2D eigenvalue weighted by atomic mass is 10.2. The molecule has 0 aliphatic carbocycles. The molecule has 1 heterocycles. The Balaban J connectivity index is 2.40. The van der Waals surface area contributed by atoms with Crippen molar-refractivity contribution in [3.8, 4) is 0 Å². The molecule has 0 aliphatic rings. The third-order valence-corrected chi connectivity index (χ3v) is 2.44. The maximum atomic E-state index is 10.9. The van der Waals surface area contributed by atoms with Crippen LogP contribution in [-0.2, 0) is 11.3 Å². The Morgan fingerprint density at radius 1 is 1.67 bits per heavy atom. The normalized spacial score (nSPS) is 13.0. The molecule has 0 radical (unpaired) electrons. The molecule has 0 fully saturated rings. The van der Waals surface area contributed by atoms with Crippen molar-refractivity contribution in [3.63, 3.8) is 0 Å². The highest BCUT2D eigenvalue weighted by molar-refractivity contribution is 5.73. The van der Waals surface area contributed by atoms with Gasteiger partial charge in [-0.2, -0.15) is 5.10 Å². The summed E-state index contributed by atoms with van der Waals surface area (Å²) in [5.74, 6) is -0.763. The van der Waals surface area contributed by atoms with E-state index in [1.807, 2.05) is 31.1 Å². The highest BCUT2D eigenvalue weighted by atomic mass is 16.4. The van der Waals surface area contributed by atoms with Gasteiger partial charge in [0.05, 0.1) is 6.54 Å². The fourth-order valence-electron chi connectivity index (χ4n) is 1.52. The van der Waals surface area contributed by atoms with Crippen molar-refractivity contribution in [2.24, 2.45) is 0 Å². The van der Waals surface area contributed by atoms with Gasteiger partial charge in [-0.25, -0.2) is 0 Å². The van der Waals surface area contributed by atoms with E-state index in [9.17, 15) is 4.79 Å². The van der Waals surface area contributed by atoms with Gasteiger partial charge in [0, 0.05) is 18.9 Å². The second-order valence-corrected chi connectivity index (χ2v) is 3.51. The Morgan fingerprint density at radius 3 is 2.87 bits per heavy atom. The van der Waals surface area contributed by atoms with Gasteiger partial charge < -0.3 is 5.11 Å². The average molecular weight is 211 g/mol. The van der Waals surface area contributed by atoms with E-state index < -0.39 is 12.0 Å². The van der Waals surface area contributed by atoms with E-state index >= 15 is 0 Å². The van der Waals surface area contributed by atoms with Crippen molar-refractivity contribution in [2.45, 2.75) is 25.9 Å². The van der Waals surface area contributed by atoms with Crippen LogP contribution < -0.4 is 0 Å². The summed E-state index contributed by atoms with van der Waals surface area (Å²) in [5.41, 5.74) is 0. The lowest BCUT2D eigenvalue weighted by Crippen LogP contribution is -2.39. The Labute approximate surface area is 89.3 Å². The first kappa shape index (κ1) is 11.7. The van der Waals surface area contributed by atoms with Gasteiger partial charge in [-0.1, -0.05) is 6.92 Å². The van der Waals surface area contributed by atoms with Crippen LogP contribution >= 0.6 is 0 Å². The standard InChI is InChI=1S/C10H17N3O2/c1-3-9(10(14)15)12(2)7-8-13-6-4-5-11-13/h4-6,9H,3,7-8H2,1-2H3,(H,14,15). The van der Waals surface area contributed by atoms with Gasteiger partial charge in [-0.15, -0.1) is 0 Å². The number of carboxylic acid groups (broad SMARTS) is 1. The molecule has 0 aromatic carbocycles. The van der Waals surface area contributed by atoms with E-state index in [1.165, 1.54) is 0 Å².